The normalized spacial score (nSPS) is 16.1. The van der Waals surface area contributed by atoms with Gasteiger partial charge in [0.2, 0.25) is 0 Å². The van der Waals surface area contributed by atoms with Crippen molar-refractivity contribution in [2.75, 3.05) is 32.7 Å². The molecule has 1 fully saturated rings. The first-order chi connectivity index (χ1) is 9.58. The molecule has 2 rings (SSSR count). The van der Waals surface area contributed by atoms with E-state index in [9.17, 15) is 9.59 Å². The van der Waals surface area contributed by atoms with E-state index in [4.69, 9.17) is 5.11 Å². The standard InChI is InChI=1S/C13H16BrN3O3/c14-10-2-1-4-15-12(10)13(20)17-8-6-16(7-9-17)5-3-11(18)19/h1-2,4H,3,5-9H2,(H,18,19). The number of carbonyl (C=O) groups excluding carboxylic acids is 1. The second-order valence-electron chi connectivity index (χ2n) is 4.61. The highest BCUT2D eigenvalue weighted by Crippen LogP contribution is 2.16. The Hall–Kier alpha value is -1.47. The van der Waals surface area contributed by atoms with Gasteiger partial charge in [-0.15, -0.1) is 0 Å². The second kappa shape index (κ2) is 6.81. The van der Waals surface area contributed by atoms with Gasteiger partial charge < -0.3 is 10.0 Å². The summed E-state index contributed by atoms with van der Waals surface area (Å²) in [5, 5.41) is 8.66. The minimum absolute atomic E-state index is 0.0876. The molecule has 0 saturated carbocycles. The van der Waals surface area contributed by atoms with Crippen molar-refractivity contribution in [1.82, 2.24) is 14.8 Å². The van der Waals surface area contributed by atoms with E-state index in [0.29, 0.717) is 42.9 Å². The second-order valence-corrected chi connectivity index (χ2v) is 5.47. The van der Waals surface area contributed by atoms with Gasteiger partial charge in [-0.05, 0) is 28.1 Å². The summed E-state index contributed by atoms with van der Waals surface area (Å²) in [6.45, 7) is 3.13. The molecule has 1 aliphatic heterocycles. The molecule has 0 unspecified atom stereocenters. The van der Waals surface area contributed by atoms with Gasteiger partial charge >= 0.3 is 5.97 Å². The number of aromatic nitrogens is 1. The molecule has 1 aliphatic rings. The van der Waals surface area contributed by atoms with Crippen molar-refractivity contribution in [3.8, 4) is 0 Å². The number of carbonyl (C=O) groups is 2. The lowest BCUT2D eigenvalue weighted by atomic mass is 10.2. The smallest absolute Gasteiger partial charge is 0.304 e. The zero-order chi connectivity index (χ0) is 14.5. The maximum Gasteiger partial charge on any atom is 0.304 e. The van der Waals surface area contributed by atoms with E-state index in [1.54, 1.807) is 23.2 Å². The highest BCUT2D eigenvalue weighted by molar-refractivity contribution is 9.10. The van der Waals surface area contributed by atoms with Crippen molar-refractivity contribution in [3.05, 3.63) is 28.5 Å². The van der Waals surface area contributed by atoms with Gasteiger partial charge in [0.15, 0.2) is 0 Å². The summed E-state index contributed by atoms with van der Waals surface area (Å²) < 4.78 is 0.693. The van der Waals surface area contributed by atoms with Crippen molar-refractivity contribution in [1.29, 1.82) is 0 Å². The lowest BCUT2D eigenvalue weighted by Crippen LogP contribution is -2.49. The van der Waals surface area contributed by atoms with Crippen LogP contribution in [-0.2, 0) is 4.79 Å². The number of hydrogen-bond acceptors (Lipinski definition) is 4. The molecule has 1 amide bonds. The molecule has 0 aromatic carbocycles. The zero-order valence-corrected chi connectivity index (χ0v) is 12.5. The van der Waals surface area contributed by atoms with Crippen molar-refractivity contribution in [3.63, 3.8) is 0 Å². The summed E-state index contributed by atoms with van der Waals surface area (Å²) in [6.07, 6.45) is 1.74. The summed E-state index contributed by atoms with van der Waals surface area (Å²) in [5.74, 6) is -0.878. The van der Waals surface area contributed by atoms with Crippen LogP contribution in [0.5, 0.6) is 0 Å². The molecule has 2 heterocycles. The van der Waals surface area contributed by atoms with Gasteiger partial charge in [-0.1, -0.05) is 0 Å². The van der Waals surface area contributed by atoms with Crippen molar-refractivity contribution in [2.24, 2.45) is 0 Å². The van der Waals surface area contributed by atoms with Gasteiger partial charge in [0, 0.05) is 43.4 Å². The van der Waals surface area contributed by atoms with Crippen LogP contribution in [0.4, 0.5) is 0 Å². The Bertz CT molecular complexity index is 501. The van der Waals surface area contributed by atoms with E-state index in [1.165, 1.54) is 0 Å². The Morgan fingerprint density at radius 1 is 1.30 bits per heavy atom. The predicted molar refractivity (Wildman–Crippen MR) is 76.5 cm³/mol. The number of nitrogens with zero attached hydrogens (tertiary/aromatic N) is 3. The lowest BCUT2D eigenvalue weighted by Gasteiger charge is -2.34. The van der Waals surface area contributed by atoms with Crippen LogP contribution in [0, 0.1) is 0 Å². The molecular weight excluding hydrogens is 326 g/mol. The van der Waals surface area contributed by atoms with Crippen molar-refractivity contribution < 1.29 is 14.7 Å². The number of hydrogen-bond donors (Lipinski definition) is 1. The molecule has 0 aliphatic carbocycles. The number of piperazine rings is 1. The Morgan fingerprint density at radius 2 is 2.00 bits per heavy atom. The third kappa shape index (κ3) is 3.77. The van der Waals surface area contributed by atoms with Gasteiger partial charge in [-0.3, -0.25) is 14.5 Å². The fourth-order valence-electron chi connectivity index (χ4n) is 2.12. The first kappa shape index (κ1) is 14.9. The molecule has 0 radical (unpaired) electrons. The molecule has 0 atom stereocenters. The van der Waals surface area contributed by atoms with Crippen LogP contribution in [0.25, 0.3) is 0 Å². The lowest BCUT2D eigenvalue weighted by molar-refractivity contribution is -0.137. The van der Waals surface area contributed by atoms with E-state index in [0.717, 1.165) is 0 Å². The average Bonchev–Trinajstić information content (AvgIpc) is 2.45. The molecule has 6 nitrogen and oxygen atoms in total. The van der Waals surface area contributed by atoms with Gasteiger partial charge in [0.25, 0.3) is 5.91 Å². The minimum Gasteiger partial charge on any atom is -0.481 e. The number of aliphatic carboxylic acids is 1. The number of amides is 1. The monoisotopic (exact) mass is 341 g/mol. The topological polar surface area (TPSA) is 73.7 Å². The quantitative estimate of drug-likeness (QED) is 0.886. The van der Waals surface area contributed by atoms with Gasteiger partial charge in [0.1, 0.15) is 5.69 Å². The summed E-state index contributed by atoms with van der Waals surface area (Å²) >= 11 is 3.33. The minimum atomic E-state index is -0.791. The van der Waals surface area contributed by atoms with Crippen LogP contribution < -0.4 is 0 Å². The van der Waals surface area contributed by atoms with E-state index in [-0.39, 0.29) is 12.3 Å². The third-order valence-corrected chi connectivity index (χ3v) is 3.90. The predicted octanol–water partition coefficient (Wildman–Crippen LogP) is 1.08. The van der Waals surface area contributed by atoms with E-state index in [2.05, 4.69) is 25.8 Å². The summed E-state index contributed by atoms with van der Waals surface area (Å²) in [7, 11) is 0. The van der Waals surface area contributed by atoms with E-state index >= 15 is 0 Å². The fourth-order valence-corrected chi connectivity index (χ4v) is 2.55. The van der Waals surface area contributed by atoms with Crippen LogP contribution in [0.15, 0.2) is 22.8 Å². The Morgan fingerprint density at radius 3 is 2.60 bits per heavy atom. The molecule has 0 bridgehead atoms. The summed E-state index contributed by atoms with van der Waals surface area (Å²) in [5.41, 5.74) is 0.423. The third-order valence-electron chi connectivity index (χ3n) is 3.26. The number of carboxylic acids is 1. The summed E-state index contributed by atoms with van der Waals surface area (Å²) in [4.78, 5) is 30.8. The van der Waals surface area contributed by atoms with Crippen LogP contribution in [-0.4, -0.2) is 64.5 Å². The highest BCUT2D eigenvalue weighted by atomic mass is 79.9. The average molecular weight is 342 g/mol. The molecule has 1 saturated heterocycles. The Labute approximate surface area is 125 Å². The SMILES string of the molecule is O=C(O)CCN1CCN(C(=O)c2ncccc2Br)CC1. The molecule has 7 heteroatoms. The number of pyridine rings is 1. The maximum atomic E-state index is 12.3. The van der Waals surface area contributed by atoms with Crippen LogP contribution >= 0.6 is 15.9 Å². The Kier molecular flexibility index (Phi) is 5.08. The Balaban J connectivity index is 1.89. The van der Waals surface area contributed by atoms with Gasteiger partial charge in [-0.2, -0.15) is 0 Å². The van der Waals surface area contributed by atoms with E-state index < -0.39 is 5.97 Å². The number of rotatable bonds is 4. The van der Waals surface area contributed by atoms with Crippen molar-refractivity contribution >= 4 is 27.8 Å². The van der Waals surface area contributed by atoms with Crippen LogP contribution in [0.2, 0.25) is 0 Å². The van der Waals surface area contributed by atoms with Crippen LogP contribution in [0.3, 0.4) is 0 Å². The molecule has 108 valence electrons. The molecule has 20 heavy (non-hydrogen) atoms. The maximum absolute atomic E-state index is 12.3. The zero-order valence-electron chi connectivity index (χ0n) is 11.0. The van der Waals surface area contributed by atoms with Gasteiger partial charge in [-0.25, -0.2) is 4.98 Å². The molecule has 0 spiro atoms. The van der Waals surface area contributed by atoms with Gasteiger partial charge in [0.05, 0.1) is 6.42 Å². The fraction of sp³-hybridized carbons (Fsp3) is 0.462. The van der Waals surface area contributed by atoms with E-state index in [1.807, 2.05) is 0 Å². The molecule has 1 N–H and O–H groups in total. The molecule has 1 aromatic rings. The number of halogens is 1. The first-order valence-corrected chi connectivity index (χ1v) is 7.21. The molecule has 1 aromatic heterocycles. The highest BCUT2D eigenvalue weighted by Gasteiger charge is 2.24. The number of carboxylic acid groups (broad SMARTS) is 1. The largest absolute Gasteiger partial charge is 0.481 e. The molecular formula is C13H16BrN3O3. The van der Waals surface area contributed by atoms with Crippen LogP contribution in [0.1, 0.15) is 16.9 Å². The summed E-state index contributed by atoms with van der Waals surface area (Å²) in [6, 6.07) is 3.56. The van der Waals surface area contributed by atoms with Crippen molar-refractivity contribution in [2.45, 2.75) is 6.42 Å². The first-order valence-electron chi connectivity index (χ1n) is 6.42.